The summed E-state index contributed by atoms with van der Waals surface area (Å²) in [6.07, 6.45) is -0.529. The van der Waals surface area contributed by atoms with Crippen LogP contribution >= 0.6 is 0 Å². The summed E-state index contributed by atoms with van der Waals surface area (Å²) in [4.78, 5) is 10.3. The topological polar surface area (TPSA) is 93.9 Å². The monoisotopic (exact) mass is 256 g/mol. The predicted octanol–water partition coefficient (Wildman–Crippen LogP) is 1.72. The Kier molecular flexibility index (Phi) is 4.87. The molecule has 7 heteroatoms. The number of methoxy groups -OCH3 is 2. The SMILES string of the molecule is COC(OC)C(C)Nc1ccc(O)cc1[N+](=O)[O-]. The lowest BCUT2D eigenvalue weighted by atomic mass is 10.2. The second-order valence-electron chi connectivity index (χ2n) is 3.73. The van der Waals surface area contributed by atoms with E-state index < -0.39 is 11.2 Å². The van der Waals surface area contributed by atoms with Gasteiger partial charge < -0.3 is 19.9 Å². The molecule has 0 aromatic heterocycles. The molecule has 7 nitrogen and oxygen atoms in total. The Morgan fingerprint density at radius 1 is 1.39 bits per heavy atom. The van der Waals surface area contributed by atoms with E-state index in [4.69, 9.17) is 9.47 Å². The fourth-order valence-corrected chi connectivity index (χ4v) is 1.61. The second kappa shape index (κ2) is 6.18. The number of nitrogens with one attached hydrogen (secondary N) is 1. The minimum atomic E-state index is -0.566. The lowest BCUT2D eigenvalue weighted by Gasteiger charge is -2.22. The predicted molar refractivity (Wildman–Crippen MR) is 65.7 cm³/mol. The van der Waals surface area contributed by atoms with Crippen molar-refractivity contribution in [3.8, 4) is 5.75 Å². The van der Waals surface area contributed by atoms with Gasteiger partial charge in [-0.3, -0.25) is 10.1 Å². The normalized spacial score (nSPS) is 12.4. The molecule has 18 heavy (non-hydrogen) atoms. The zero-order valence-corrected chi connectivity index (χ0v) is 10.4. The van der Waals surface area contributed by atoms with Crippen molar-refractivity contribution in [2.24, 2.45) is 0 Å². The maximum Gasteiger partial charge on any atom is 0.296 e. The standard InChI is InChI=1S/C11H16N2O5/c1-7(11(17-2)18-3)12-9-5-4-8(14)6-10(9)13(15)16/h4-7,11-12,14H,1-3H3. The molecule has 0 amide bonds. The van der Waals surface area contributed by atoms with Crippen LogP contribution in [0.3, 0.4) is 0 Å². The van der Waals surface area contributed by atoms with Gasteiger partial charge in [0, 0.05) is 14.2 Å². The molecule has 1 aromatic carbocycles. The molecule has 1 aromatic rings. The van der Waals surface area contributed by atoms with Gasteiger partial charge >= 0.3 is 0 Å². The number of anilines is 1. The smallest absolute Gasteiger partial charge is 0.296 e. The third-order valence-electron chi connectivity index (χ3n) is 2.43. The van der Waals surface area contributed by atoms with Gasteiger partial charge in [0.1, 0.15) is 11.4 Å². The van der Waals surface area contributed by atoms with Crippen LogP contribution < -0.4 is 5.32 Å². The van der Waals surface area contributed by atoms with Gasteiger partial charge in [0.15, 0.2) is 6.29 Å². The molecule has 1 unspecified atom stereocenters. The van der Waals surface area contributed by atoms with Gasteiger partial charge in [-0.15, -0.1) is 0 Å². The average molecular weight is 256 g/mol. The first-order valence-corrected chi connectivity index (χ1v) is 5.29. The lowest BCUT2D eigenvalue weighted by Crippen LogP contribution is -2.33. The number of hydrogen-bond donors (Lipinski definition) is 2. The number of phenols is 1. The molecule has 1 rings (SSSR count). The fraction of sp³-hybridized carbons (Fsp3) is 0.455. The summed E-state index contributed by atoms with van der Waals surface area (Å²) in [5, 5.41) is 23.0. The minimum Gasteiger partial charge on any atom is -0.508 e. The van der Waals surface area contributed by atoms with Gasteiger partial charge in [-0.2, -0.15) is 0 Å². The van der Waals surface area contributed by atoms with Gasteiger partial charge in [-0.05, 0) is 19.1 Å². The molecule has 100 valence electrons. The van der Waals surface area contributed by atoms with E-state index >= 15 is 0 Å². The summed E-state index contributed by atoms with van der Waals surface area (Å²) in [7, 11) is 2.97. The number of benzene rings is 1. The number of nitro groups is 1. The number of hydrogen-bond acceptors (Lipinski definition) is 6. The van der Waals surface area contributed by atoms with Crippen LogP contribution in [0.1, 0.15) is 6.92 Å². The zero-order chi connectivity index (χ0) is 13.7. The summed E-state index contributed by atoms with van der Waals surface area (Å²) >= 11 is 0. The van der Waals surface area contributed by atoms with Crippen LogP contribution in [0, 0.1) is 10.1 Å². The quantitative estimate of drug-likeness (QED) is 0.348. The molecule has 0 bridgehead atoms. The highest BCUT2D eigenvalue weighted by atomic mass is 16.7. The van der Waals surface area contributed by atoms with Crippen molar-refractivity contribution in [3.63, 3.8) is 0 Å². The Bertz CT molecular complexity index is 420. The molecule has 0 aliphatic heterocycles. The van der Waals surface area contributed by atoms with Crippen LogP contribution in [0.4, 0.5) is 11.4 Å². The molecule has 0 saturated heterocycles. The van der Waals surface area contributed by atoms with E-state index in [2.05, 4.69) is 5.32 Å². The van der Waals surface area contributed by atoms with E-state index in [0.717, 1.165) is 6.07 Å². The van der Waals surface area contributed by atoms with E-state index in [9.17, 15) is 15.2 Å². The number of ether oxygens (including phenoxy) is 2. The van der Waals surface area contributed by atoms with Gasteiger partial charge in [0.05, 0.1) is 17.0 Å². The van der Waals surface area contributed by atoms with E-state index in [1.54, 1.807) is 6.92 Å². The number of phenolic OH excluding ortho intramolecular Hbond substituents is 1. The zero-order valence-electron chi connectivity index (χ0n) is 10.4. The van der Waals surface area contributed by atoms with Gasteiger partial charge in [-0.1, -0.05) is 0 Å². The Labute approximate surface area is 104 Å². The van der Waals surface area contributed by atoms with E-state index in [1.165, 1.54) is 26.4 Å². The third-order valence-corrected chi connectivity index (χ3v) is 2.43. The van der Waals surface area contributed by atoms with Crippen molar-refractivity contribution in [3.05, 3.63) is 28.3 Å². The summed E-state index contributed by atoms with van der Waals surface area (Å²) in [5.41, 5.74) is 0.0946. The van der Waals surface area contributed by atoms with Gasteiger partial charge in [0.2, 0.25) is 0 Å². The number of aromatic hydroxyl groups is 1. The molecular weight excluding hydrogens is 240 g/mol. The molecule has 0 saturated carbocycles. The molecule has 0 spiro atoms. The molecule has 0 heterocycles. The van der Waals surface area contributed by atoms with Crippen molar-refractivity contribution in [1.82, 2.24) is 0 Å². The highest BCUT2D eigenvalue weighted by Gasteiger charge is 2.20. The maximum atomic E-state index is 10.9. The van der Waals surface area contributed by atoms with Crippen LogP contribution in [0.2, 0.25) is 0 Å². The van der Waals surface area contributed by atoms with Crippen molar-refractivity contribution in [2.75, 3.05) is 19.5 Å². The molecule has 0 aliphatic carbocycles. The highest BCUT2D eigenvalue weighted by Crippen LogP contribution is 2.29. The van der Waals surface area contributed by atoms with Crippen molar-refractivity contribution < 1.29 is 19.5 Å². The minimum absolute atomic E-state index is 0.157. The first-order valence-electron chi connectivity index (χ1n) is 5.29. The molecular formula is C11H16N2O5. The van der Waals surface area contributed by atoms with Gasteiger partial charge in [-0.25, -0.2) is 0 Å². The van der Waals surface area contributed by atoms with Crippen LogP contribution in [-0.4, -0.2) is 36.6 Å². The van der Waals surface area contributed by atoms with Crippen LogP contribution in [0.25, 0.3) is 0 Å². The first-order chi connectivity index (χ1) is 8.49. The summed E-state index contributed by atoms with van der Waals surface area (Å²) in [6, 6.07) is 3.61. The summed E-state index contributed by atoms with van der Waals surface area (Å²) < 4.78 is 10.1. The van der Waals surface area contributed by atoms with Gasteiger partial charge in [0.25, 0.3) is 5.69 Å². The van der Waals surface area contributed by atoms with E-state index in [1.807, 2.05) is 0 Å². The third kappa shape index (κ3) is 3.31. The van der Waals surface area contributed by atoms with E-state index in [-0.39, 0.29) is 17.5 Å². The fourth-order valence-electron chi connectivity index (χ4n) is 1.61. The average Bonchev–Trinajstić information content (AvgIpc) is 2.32. The summed E-state index contributed by atoms with van der Waals surface area (Å²) in [5.74, 6) is -0.157. The molecule has 2 N–H and O–H groups in total. The molecule has 1 atom stereocenters. The van der Waals surface area contributed by atoms with Crippen LogP contribution in [-0.2, 0) is 9.47 Å². The van der Waals surface area contributed by atoms with Crippen LogP contribution in [0.15, 0.2) is 18.2 Å². The Hall–Kier alpha value is -1.86. The second-order valence-corrected chi connectivity index (χ2v) is 3.73. The first kappa shape index (κ1) is 14.2. The maximum absolute atomic E-state index is 10.9. The van der Waals surface area contributed by atoms with Crippen molar-refractivity contribution >= 4 is 11.4 Å². The Morgan fingerprint density at radius 2 is 2.00 bits per heavy atom. The van der Waals surface area contributed by atoms with E-state index in [0.29, 0.717) is 5.69 Å². The summed E-state index contributed by atoms with van der Waals surface area (Å²) in [6.45, 7) is 1.77. The molecule has 0 aliphatic rings. The Balaban J connectivity index is 2.93. The number of rotatable bonds is 6. The van der Waals surface area contributed by atoms with Crippen molar-refractivity contribution in [2.45, 2.75) is 19.3 Å². The van der Waals surface area contributed by atoms with Crippen molar-refractivity contribution in [1.29, 1.82) is 0 Å². The number of nitro benzene ring substituents is 1. The lowest BCUT2D eigenvalue weighted by molar-refractivity contribution is -0.384. The molecule has 0 fully saturated rings. The number of nitrogens with zero attached hydrogens (tertiary/aromatic N) is 1. The Morgan fingerprint density at radius 3 is 2.50 bits per heavy atom. The molecule has 0 radical (unpaired) electrons. The van der Waals surface area contributed by atoms with Crippen LogP contribution in [0.5, 0.6) is 5.75 Å². The largest absolute Gasteiger partial charge is 0.508 e. The highest BCUT2D eigenvalue weighted by molar-refractivity contribution is 5.64.